The minimum atomic E-state index is -0.135. The number of aromatic nitrogens is 1. The van der Waals surface area contributed by atoms with E-state index >= 15 is 0 Å². The maximum Gasteiger partial charge on any atom is 0.123 e. The van der Waals surface area contributed by atoms with Crippen LogP contribution in [-0.2, 0) is 0 Å². The van der Waals surface area contributed by atoms with E-state index in [4.69, 9.17) is 10.8 Å². The molecule has 0 aliphatic heterocycles. The van der Waals surface area contributed by atoms with Gasteiger partial charge in [0.15, 0.2) is 0 Å². The number of pyridine rings is 1. The number of aliphatic hydroxyl groups is 1. The van der Waals surface area contributed by atoms with Gasteiger partial charge in [0, 0.05) is 11.8 Å². The first kappa shape index (κ1) is 8.57. The normalized spacial score (nSPS) is 8.83. The van der Waals surface area contributed by atoms with Gasteiger partial charge in [-0.25, -0.2) is 4.98 Å². The molecule has 3 nitrogen and oxygen atoms in total. The number of hydrogen-bond acceptors (Lipinski definition) is 3. The third kappa shape index (κ3) is 1.97. The molecule has 1 aromatic heterocycles. The molecule has 0 unspecified atom stereocenters. The number of hydrogen-bond donors (Lipinski definition) is 2. The van der Waals surface area contributed by atoms with E-state index in [9.17, 15) is 0 Å². The van der Waals surface area contributed by atoms with Crippen molar-refractivity contribution in [2.24, 2.45) is 0 Å². The molecule has 1 heterocycles. The summed E-state index contributed by atoms with van der Waals surface area (Å²) in [6.07, 6.45) is 1.60. The Bertz CT molecular complexity index is 336. The summed E-state index contributed by atoms with van der Waals surface area (Å²) in [5.41, 5.74) is 7.23. The van der Waals surface area contributed by atoms with E-state index in [2.05, 4.69) is 16.8 Å². The molecule has 0 aliphatic rings. The third-order valence-corrected chi connectivity index (χ3v) is 1.43. The van der Waals surface area contributed by atoms with Crippen LogP contribution < -0.4 is 5.73 Å². The molecule has 0 amide bonds. The Kier molecular flexibility index (Phi) is 2.67. The van der Waals surface area contributed by atoms with Gasteiger partial charge in [-0.2, -0.15) is 0 Å². The summed E-state index contributed by atoms with van der Waals surface area (Å²) in [5.74, 6) is 5.81. The van der Waals surface area contributed by atoms with Crippen LogP contribution in [0.25, 0.3) is 0 Å². The van der Waals surface area contributed by atoms with Crippen LogP contribution in [0.4, 0.5) is 5.82 Å². The summed E-state index contributed by atoms with van der Waals surface area (Å²) >= 11 is 0. The maximum atomic E-state index is 8.45. The molecule has 0 saturated carbocycles. The summed E-state index contributed by atoms with van der Waals surface area (Å²) in [5, 5.41) is 8.45. The van der Waals surface area contributed by atoms with Crippen molar-refractivity contribution < 1.29 is 5.11 Å². The molecule has 0 atom stereocenters. The zero-order valence-corrected chi connectivity index (χ0v) is 6.83. The van der Waals surface area contributed by atoms with E-state index in [-0.39, 0.29) is 6.61 Å². The molecule has 1 rings (SSSR count). The SMILES string of the molecule is Cc1cc(N)ncc1C#CCO. The van der Waals surface area contributed by atoms with Crippen LogP contribution in [0, 0.1) is 18.8 Å². The number of aliphatic hydroxyl groups excluding tert-OH is 1. The average molecular weight is 162 g/mol. The lowest BCUT2D eigenvalue weighted by molar-refractivity contribution is 0.350. The molecule has 0 spiro atoms. The number of aryl methyl sites for hydroxylation is 1. The van der Waals surface area contributed by atoms with Crippen LogP contribution in [0.5, 0.6) is 0 Å². The molecule has 12 heavy (non-hydrogen) atoms. The van der Waals surface area contributed by atoms with Gasteiger partial charge in [-0.15, -0.1) is 0 Å². The number of nitrogens with zero attached hydrogens (tertiary/aromatic N) is 1. The largest absolute Gasteiger partial charge is 0.384 e. The molecule has 0 radical (unpaired) electrons. The first-order chi connectivity index (χ1) is 5.74. The molecule has 0 aliphatic carbocycles. The Hall–Kier alpha value is -1.53. The second-order valence-electron chi connectivity index (χ2n) is 2.38. The van der Waals surface area contributed by atoms with Crippen molar-refractivity contribution in [3.63, 3.8) is 0 Å². The van der Waals surface area contributed by atoms with Crippen molar-refractivity contribution in [2.45, 2.75) is 6.92 Å². The molecular formula is C9H10N2O. The molecule has 0 bridgehead atoms. The second kappa shape index (κ2) is 3.74. The van der Waals surface area contributed by atoms with E-state index in [0.29, 0.717) is 5.82 Å². The molecule has 0 saturated heterocycles. The summed E-state index contributed by atoms with van der Waals surface area (Å²) in [7, 11) is 0. The first-order valence-electron chi connectivity index (χ1n) is 3.56. The Balaban J connectivity index is 3.01. The molecule has 3 heteroatoms. The first-order valence-corrected chi connectivity index (χ1v) is 3.56. The maximum absolute atomic E-state index is 8.45. The fraction of sp³-hybridized carbons (Fsp3) is 0.222. The minimum absolute atomic E-state index is 0.135. The molecule has 3 N–H and O–H groups in total. The Morgan fingerprint density at radius 2 is 2.42 bits per heavy atom. The van der Waals surface area contributed by atoms with Crippen LogP contribution in [0.1, 0.15) is 11.1 Å². The Labute approximate surface area is 71.2 Å². The third-order valence-electron chi connectivity index (χ3n) is 1.43. The standard InChI is InChI=1S/C9H10N2O/c1-7-5-9(10)11-6-8(7)3-2-4-12/h5-6,12H,4H2,1H3,(H2,10,11). The predicted molar refractivity (Wildman–Crippen MR) is 47.4 cm³/mol. The topological polar surface area (TPSA) is 59.1 Å². The van der Waals surface area contributed by atoms with Crippen LogP contribution >= 0.6 is 0 Å². The van der Waals surface area contributed by atoms with Crippen molar-refractivity contribution in [1.82, 2.24) is 4.98 Å². The van der Waals surface area contributed by atoms with Gasteiger partial charge < -0.3 is 10.8 Å². The lowest BCUT2D eigenvalue weighted by Crippen LogP contribution is -1.92. The average Bonchev–Trinajstić information content (AvgIpc) is 2.03. The van der Waals surface area contributed by atoms with Crippen molar-refractivity contribution >= 4 is 5.82 Å². The van der Waals surface area contributed by atoms with Crippen molar-refractivity contribution in [1.29, 1.82) is 0 Å². The van der Waals surface area contributed by atoms with Gasteiger partial charge in [0.25, 0.3) is 0 Å². The van der Waals surface area contributed by atoms with E-state index in [1.54, 1.807) is 12.3 Å². The van der Waals surface area contributed by atoms with Crippen molar-refractivity contribution in [3.05, 3.63) is 23.4 Å². The highest BCUT2D eigenvalue weighted by atomic mass is 16.2. The molecular weight excluding hydrogens is 152 g/mol. The number of rotatable bonds is 0. The fourth-order valence-electron chi connectivity index (χ4n) is 0.843. The summed E-state index contributed by atoms with van der Waals surface area (Å²) in [6, 6.07) is 1.75. The highest BCUT2D eigenvalue weighted by Gasteiger charge is 1.94. The van der Waals surface area contributed by atoms with Crippen LogP contribution in [0.3, 0.4) is 0 Å². The smallest absolute Gasteiger partial charge is 0.123 e. The zero-order valence-electron chi connectivity index (χ0n) is 6.83. The summed E-state index contributed by atoms with van der Waals surface area (Å²) in [4.78, 5) is 3.89. The minimum Gasteiger partial charge on any atom is -0.384 e. The van der Waals surface area contributed by atoms with Gasteiger partial charge in [-0.3, -0.25) is 0 Å². The van der Waals surface area contributed by atoms with Gasteiger partial charge in [0.05, 0.1) is 0 Å². The number of nitrogen functional groups attached to an aromatic ring is 1. The molecule has 0 aromatic carbocycles. The summed E-state index contributed by atoms with van der Waals surface area (Å²) < 4.78 is 0. The van der Waals surface area contributed by atoms with Gasteiger partial charge in [-0.1, -0.05) is 11.8 Å². The van der Waals surface area contributed by atoms with Crippen molar-refractivity contribution in [2.75, 3.05) is 12.3 Å². The van der Waals surface area contributed by atoms with E-state index in [1.165, 1.54) is 0 Å². The second-order valence-corrected chi connectivity index (χ2v) is 2.38. The van der Waals surface area contributed by atoms with Gasteiger partial charge in [0.1, 0.15) is 12.4 Å². The summed E-state index contributed by atoms with van der Waals surface area (Å²) in [6.45, 7) is 1.77. The van der Waals surface area contributed by atoms with Crippen molar-refractivity contribution in [3.8, 4) is 11.8 Å². The number of nitrogens with two attached hydrogens (primary N) is 1. The molecule has 62 valence electrons. The molecule has 1 aromatic rings. The van der Waals surface area contributed by atoms with E-state index in [0.717, 1.165) is 11.1 Å². The van der Waals surface area contributed by atoms with Gasteiger partial charge in [0.2, 0.25) is 0 Å². The van der Waals surface area contributed by atoms with Crippen LogP contribution in [0.2, 0.25) is 0 Å². The van der Waals surface area contributed by atoms with Gasteiger partial charge >= 0.3 is 0 Å². The van der Waals surface area contributed by atoms with Gasteiger partial charge in [-0.05, 0) is 18.6 Å². The highest BCUT2D eigenvalue weighted by Crippen LogP contribution is 2.07. The Morgan fingerprint density at radius 3 is 3.00 bits per heavy atom. The quantitative estimate of drug-likeness (QED) is 0.540. The monoisotopic (exact) mass is 162 g/mol. The lowest BCUT2D eigenvalue weighted by Gasteiger charge is -1.97. The number of anilines is 1. The molecule has 0 fully saturated rings. The Morgan fingerprint density at radius 1 is 1.67 bits per heavy atom. The highest BCUT2D eigenvalue weighted by molar-refractivity contribution is 5.44. The lowest BCUT2D eigenvalue weighted by atomic mass is 10.1. The fourth-order valence-corrected chi connectivity index (χ4v) is 0.843. The van der Waals surface area contributed by atoms with E-state index in [1.807, 2.05) is 6.92 Å². The van der Waals surface area contributed by atoms with Crippen LogP contribution in [-0.4, -0.2) is 16.7 Å². The van der Waals surface area contributed by atoms with Crippen LogP contribution in [0.15, 0.2) is 12.3 Å². The predicted octanol–water partition coefficient (Wildman–Crippen LogP) is 0.316. The van der Waals surface area contributed by atoms with E-state index < -0.39 is 0 Å². The zero-order chi connectivity index (χ0) is 8.97.